The number of rotatable bonds is 8. The molecular weight excluding hydrogens is 396 g/mol. The van der Waals surface area contributed by atoms with Crippen LogP contribution in [0.25, 0.3) is 0 Å². The van der Waals surface area contributed by atoms with Crippen molar-refractivity contribution >= 4 is 40.9 Å². The maximum Gasteiger partial charge on any atom is 0.253 e. The maximum atomic E-state index is 12.5. The van der Waals surface area contributed by atoms with Gasteiger partial charge in [-0.05, 0) is 49.2 Å². The van der Waals surface area contributed by atoms with Crippen molar-refractivity contribution in [2.45, 2.75) is 30.3 Å². The number of anilines is 1. The highest BCUT2D eigenvalue weighted by molar-refractivity contribution is 7.99. The first kappa shape index (κ1) is 20.7. The topological polar surface area (TPSA) is 67.4 Å². The summed E-state index contributed by atoms with van der Waals surface area (Å²) in [6.45, 7) is 1.24. The molecule has 1 saturated heterocycles. The van der Waals surface area contributed by atoms with Crippen LogP contribution in [0.4, 0.5) is 5.69 Å². The van der Waals surface area contributed by atoms with E-state index in [0.29, 0.717) is 35.0 Å². The molecule has 148 valence electrons. The van der Waals surface area contributed by atoms with E-state index >= 15 is 0 Å². The highest BCUT2D eigenvalue weighted by Gasteiger charge is 2.18. The molecule has 1 heterocycles. The van der Waals surface area contributed by atoms with Crippen LogP contribution >= 0.6 is 23.4 Å². The fourth-order valence-electron chi connectivity index (χ4n) is 2.90. The van der Waals surface area contributed by atoms with Crippen LogP contribution in [-0.4, -0.2) is 36.8 Å². The Kier molecular flexibility index (Phi) is 7.77. The zero-order chi connectivity index (χ0) is 19.8. The molecule has 2 aromatic carbocycles. The molecule has 0 aromatic heterocycles. The number of thioether (sulfide) groups is 1. The summed E-state index contributed by atoms with van der Waals surface area (Å²) in [5, 5.41) is 6.43. The lowest BCUT2D eigenvalue weighted by Crippen LogP contribution is -2.32. The van der Waals surface area contributed by atoms with E-state index in [0.717, 1.165) is 24.3 Å². The number of para-hydroxylation sites is 1. The number of benzene rings is 2. The summed E-state index contributed by atoms with van der Waals surface area (Å²) in [7, 11) is 0. The third-order valence-electron chi connectivity index (χ3n) is 4.37. The summed E-state index contributed by atoms with van der Waals surface area (Å²) in [6, 6.07) is 14.6. The van der Waals surface area contributed by atoms with Crippen molar-refractivity contribution < 1.29 is 14.3 Å². The molecule has 0 saturated carbocycles. The second-order valence-corrected chi connectivity index (χ2v) is 8.10. The Labute approximate surface area is 174 Å². The van der Waals surface area contributed by atoms with E-state index in [4.69, 9.17) is 16.3 Å². The van der Waals surface area contributed by atoms with Crippen LogP contribution in [0.3, 0.4) is 0 Å². The molecule has 2 amide bonds. The lowest BCUT2D eigenvalue weighted by Gasteiger charge is -2.13. The summed E-state index contributed by atoms with van der Waals surface area (Å²) in [6.07, 6.45) is 2.42. The predicted octanol–water partition coefficient (Wildman–Crippen LogP) is 4.37. The summed E-state index contributed by atoms with van der Waals surface area (Å²) in [4.78, 5) is 25.9. The van der Waals surface area contributed by atoms with Gasteiger partial charge in [0.2, 0.25) is 5.91 Å². The van der Waals surface area contributed by atoms with Gasteiger partial charge in [-0.3, -0.25) is 9.59 Å². The van der Waals surface area contributed by atoms with Crippen LogP contribution in [-0.2, 0) is 9.53 Å². The standard InChI is InChI=1S/C21H23ClN2O3S/c22-15-7-9-17(10-8-15)28-13-11-20(25)24-19-6-2-1-5-18(19)21(26)23-14-16-4-3-12-27-16/h1-2,5-10,16H,3-4,11-14H2,(H,23,26)(H,24,25)/t16-/m0/s1. The normalized spacial score (nSPS) is 16.0. The zero-order valence-corrected chi connectivity index (χ0v) is 17.0. The summed E-state index contributed by atoms with van der Waals surface area (Å²) < 4.78 is 5.53. The molecule has 0 aliphatic carbocycles. The van der Waals surface area contributed by atoms with Gasteiger partial charge in [-0.15, -0.1) is 11.8 Å². The van der Waals surface area contributed by atoms with Crippen LogP contribution in [0.1, 0.15) is 29.6 Å². The number of carbonyl (C=O) groups excluding carboxylic acids is 2. The number of hydrogen-bond donors (Lipinski definition) is 2. The molecule has 2 aromatic rings. The second kappa shape index (κ2) is 10.5. The number of carbonyl (C=O) groups is 2. The highest BCUT2D eigenvalue weighted by Crippen LogP contribution is 2.22. The smallest absolute Gasteiger partial charge is 0.253 e. The Morgan fingerprint density at radius 1 is 1.14 bits per heavy atom. The van der Waals surface area contributed by atoms with Gasteiger partial charge in [0, 0.05) is 35.2 Å². The van der Waals surface area contributed by atoms with Crippen LogP contribution < -0.4 is 10.6 Å². The molecule has 1 aliphatic rings. The molecule has 2 N–H and O–H groups in total. The van der Waals surface area contributed by atoms with Crippen molar-refractivity contribution in [3.8, 4) is 0 Å². The fourth-order valence-corrected chi connectivity index (χ4v) is 3.88. The van der Waals surface area contributed by atoms with E-state index in [1.54, 1.807) is 36.0 Å². The minimum absolute atomic E-state index is 0.0793. The van der Waals surface area contributed by atoms with Gasteiger partial charge in [0.1, 0.15) is 0 Å². The van der Waals surface area contributed by atoms with Crippen molar-refractivity contribution in [1.29, 1.82) is 0 Å². The van der Waals surface area contributed by atoms with Crippen LogP contribution in [0.2, 0.25) is 5.02 Å². The minimum Gasteiger partial charge on any atom is -0.376 e. The molecule has 7 heteroatoms. The third-order valence-corrected chi connectivity index (χ3v) is 5.64. The summed E-state index contributed by atoms with van der Waals surface area (Å²) >= 11 is 7.46. The molecule has 1 fully saturated rings. The van der Waals surface area contributed by atoms with Crippen LogP contribution in [0, 0.1) is 0 Å². The molecule has 1 atom stereocenters. The maximum absolute atomic E-state index is 12.5. The zero-order valence-electron chi connectivity index (χ0n) is 15.4. The van der Waals surface area contributed by atoms with Crippen LogP contribution in [0.15, 0.2) is 53.4 Å². The predicted molar refractivity (Wildman–Crippen MR) is 113 cm³/mol. The molecule has 1 aliphatic heterocycles. The Hall–Kier alpha value is -2.02. The van der Waals surface area contributed by atoms with Crippen LogP contribution in [0.5, 0.6) is 0 Å². The van der Waals surface area contributed by atoms with E-state index in [2.05, 4.69) is 10.6 Å². The van der Waals surface area contributed by atoms with Gasteiger partial charge in [0.15, 0.2) is 0 Å². The minimum atomic E-state index is -0.207. The molecule has 3 rings (SSSR count). The van der Waals surface area contributed by atoms with Gasteiger partial charge in [-0.2, -0.15) is 0 Å². The SMILES string of the molecule is O=C(CCSc1ccc(Cl)cc1)Nc1ccccc1C(=O)NC[C@@H]1CCCO1. The molecular formula is C21H23ClN2O3S. The lowest BCUT2D eigenvalue weighted by molar-refractivity contribution is -0.115. The fraction of sp³-hybridized carbons (Fsp3) is 0.333. The molecule has 0 bridgehead atoms. The first-order chi connectivity index (χ1) is 13.6. The van der Waals surface area contributed by atoms with Crippen molar-refractivity contribution in [2.75, 3.05) is 24.2 Å². The van der Waals surface area contributed by atoms with E-state index in [9.17, 15) is 9.59 Å². The quantitative estimate of drug-likeness (QED) is 0.624. The van der Waals surface area contributed by atoms with Gasteiger partial charge in [-0.25, -0.2) is 0 Å². The number of amides is 2. The Bertz CT molecular complexity index is 808. The number of hydrogen-bond acceptors (Lipinski definition) is 4. The molecule has 28 heavy (non-hydrogen) atoms. The monoisotopic (exact) mass is 418 g/mol. The van der Waals surface area contributed by atoms with Crippen molar-refractivity contribution in [1.82, 2.24) is 5.32 Å². The lowest BCUT2D eigenvalue weighted by atomic mass is 10.1. The number of ether oxygens (including phenoxy) is 1. The van der Waals surface area contributed by atoms with E-state index < -0.39 is 0 Å². The molecule has 0 radical (unpaired) electrons. The third kappa shape index (κ3) is 6.26. The van der Waals surface area contributed by atoms with Gasteiger partial charge in [0.25, 0.3) is 5.91 Å². The first-order valence-electron chi connectivity index (χ1n) is 9.29. The summed E-state index contributed by atoms with van der Waals surface area (Å²) in [5.41, 5.74) is 0.980. The van der Waals surface area contributed by atoms with Gasteiger partial charge in [-0.1, -0.05) is 23.7 Å². The van der Waals surface area contributed by atoms with Gasteiger partial charge in [0.05, 0.1) is 17.4 Å². The summed E-state index contributed by atoms with van der Waals surface area (Å²) in [5.74, 6) is 0.309. The Balaban J connectivity index is 1.49. The largest absolute Gasteiger partial charge is 0.376 e. The van der Waals surface area contributed by atoms with E-state index in [1.165, 1.54) is 0 Å². The van der Waals surface area contributed by atoms with E-state index in [1.807, 2.05) is 24.3 Å². The molecule has 5 nitrogen and oxygen atoms in total. The van der Waals surface area contributed by atoms with Crippen molar-refractivity contribution in [3.63, 3.8) is 0 Å². The Morgan fingerprint density at radius 3 is 2.68 bits per heavy atom. The second-order valence-electron chi connectivity index (χ2n) is 6.49. The Morgan fingerprint density at radius 2 is 1.93 bits per heavy atom. The van der Waals surface area contributed by atoms with Gasteiger partial charge >= 0.3 is 0 Å². The average molecular weight is 419 g/mol. The number of halogens is 1. The van der Waals surface area contributed by atoms with Crippen molar-refractivity contribution in [2.24, 2.45) is 0 Å². The molecule has 0 unspecified atom stereocenters. The highest BCUT2D eigenvalue weighted by atomic mass is 35.5. The van der Waals surface area contributed by atoms with Gasteiger partial charge < -0.3 is 15.4 Å². The first-order valence-corrected chi connectivity index (χ1v) is 10.7. The van der Waals surface area contributed by atoms with E-state index in [-0.39, 0.29) is 17.9 Å². The average Bonchev–Trinajstić information content (AvgIpc) is 3.22. The van der Waals surface area contributed by atoms with Crippen molar-refractivity contribution in [3.05, 3.63) is 59.1 Å². The molecule has 0 spiro atoms. The number of nitrogens with one attached hydrogen (secondary N) is 2.